The van der Waals surface area contributed by atoms with E-state index in [1.54, 1.807) is 13.2 Å². The zero-order valence-electron chi connectivity index (χ0n) is 17.3. The van der Waals surface area contributed by atoms with Gasteiger partial charge < -0.3 is 14.6 Å². The van der Waals surface area contributed by atoms with Crippen LogP contribution < -0.4 is 21.3 Å². The molecule has 6 heteroatoms. The molecule has 3 rings (SSSR count). The molecule has 0 amide bonds. The first kappa shape index (κ1) is 20.6. The first-order chi connectivity index (χ1) is 13.8. The van der Waals surface area contributed by atoms with Gasteiger partial charge in [-0.2, -0.15) is 0 Å². The summed E-state index contributed by atoms with van der Waals surface area (Å²) in [5.41, 5.74) is 3.41. The zero-order valence-corrected chi connectivity index (χ0v) is 17.3. The Morgan fingerprint density at radius 1 is 1.07 bits per heavy atom. The second-order valence-corrected chi connectivity index (χ2v) is 7.36. The molecule has 0 aliphatic carbocycles. The van der Waals surface area contributed by atoms with E-state index in [0.29, 0.717) is 18.7 Å². The van der Waals surface area contributed by atoms with Gasteiger partial charge in [-0.05, 0) is 37.1 Å². The molecule has 0 bridgehead atoms. The number of aromatic nitrogens is 2. The van der Waals surface area contributed by atoms with E-state index in [1.807, 2.05) is 37.3 Å². The van der Waals surface area contributed by atoms with Crippen LogP contribution >= 0.6 is 0 Å². The largest absolute Gasteiger partial charge is 0.489 e. The lowest BCUT2D eigenvalue weighted by Crippen LogP contribution is -2.39. The van der Waals surface area contributed by atoms with Crippen molar-refractivity contribution in [2.45, 2.75) is 33.0 Å². The van der Waals surface area contributed by atoms with Gasteiger partial charge in [0.25, 0.3) is 5.56 Å². The summed E-state index contributed by atoms with van der Waals surface area (Å²) in [6, 6.07) is 16.2. The average molecular weight is 393 g/mol. The van der Waals surface area contributed by atoms with Gasteiger partial charge in [-0.25, -0.2) is 4.79 Å². The van der Waals surface area contributed by atoms with Crippen LogP contribution in [0.1, 0.15) is 35.2 Å². The number of hydrogen-bond donors (Lipinski definition) is 1. The van der Waals surface area contributed by atoms with E-state index in [1.165, 1.54) is 17.2 Å². The summed E-state index contributed by atoms with van der Waals surface area (Å²) in [6.45, 7) is 5.02. The highest BCUT2D eigenvalue weighted by Crippen LogP contribution is 2.19. The minimum atomic E-state index is -0.326. The van der Waals surface area contributed by atoms with Crippen molar-refractivity contribution in [2.24, 2.45) is 14.1 Å². The Hall–Kier alpha value is -3.12. The molecule has 1 unspecified atom stereocenters. The van der Waals surface area contributed by atoms with Gasteiger partial charge in [-0.15, -0.1) is 0 Å². The molecule has 0 aliphatic rings. The molecule has 0 saturated carbocycles. The van der Waals surface area contributed by atoms with E-state index in [4.69, 9.17) is 4.74 Å². The van der Waals surface area contributed by atoms with Crippen LogP contribution in [0.2, 0.25) is 0 Å². The molecule has 0 fully saturated rings. The van der Waals surface area contributed by atoms with Crippen LogP contribution in [0.4, 0.5) is 0 Å². The Labute approximate surface area is 170 Å². The van der Waals surface area contributed by atoms with Crippen molar-refractivity contribution in [3.8, 4) is 5.75 Å². The molecule has 1 heterocycles. The Morgan fingerprint density at radius 2 is 1.79 bits per heavy atom. The third-order valence-corrected chi connectivity index (χ3v) is 4.98. The maximum atomic E-state index is 12.2. The average Bonchev–Trinajstić information content (AvgIpc) is 2.72. The lowest BCUT2D eigenvalue weighted by Gasteiger charge is -2.15. The zero-order chi connectivity index (χ0) is 21.0. The highest BCUT2D eigenvalue weighted by molar-refractivity contribution is 5.30. The fraction of sp³-hybridized carbons (Fsp3) is 0.304. The molecule has 3 aromatic rings. The molecule has 6 nitrogen and oxygen atoms in total. The van der Waals surface area contributed by atoms with E-state index in [-0.39, 0.29) is 17.3 Å². The Balaban J connectivity index is 1.60. The maximum absolute atomic E-state index is 12.2. The number of aryl methyl sites for hydroxylation is 2. The van der Waals surface area contributed by atoms with Crippen molar-refractivity contribution >= 4 is 0 Å². The van der Waals surface area contributed by atoms with Crippen molar-refractivity contribution in [1.29, 1.82) is 0 Å². The third kappa shape index (κ3) is 5.03. The molecule has 152 valence electrons. The highest BCUT2D eigenvalue weighted by atomic mass is 16.5. The number of ether oxygens (including phenoxy) is 1. The van der Waals surface area contributed by atoms with Crippen molar-refractivity contribution in [3.05, 3.63) is 97.8 Å². The fourth-order valence-electron chi connectivity index (χ4n) is 3.21. The number of nitrogens with zero attached hydrogens (tertiary/aromatic N) is 2. The van der Waals surface area contributed by atoms with E-state index in [9.17, 15) is 9.59 Å². The second kappa shape index (κ2) is 8.92. The van der Waals surface area contributed by atoms with E-state index < -0.39 is 0 Å². The van der Waals surface area contributed by atoms with Crippen LogP contribution in [0.3, 0.4) is 0 Å². The van der Waals surface area contributed by atoms with Crippen LogP contribution in [-0.4, -0.2) is 9.13 Å². The second-order valence-electron chi connectivity index (χ2n) is 7.36. The van der Waals surface area contributed by atoms with Gasteiger partial charge >= 0.3 is 5.69 Å². The van der Waals surface area contributed by atoms with Crippen molar-refractivity contribution in [1.82, 2.24) is 14.5 Å². The minimum Gasteiger partial charge on any atom is -0.489 e. The van der Waals surface area contributed by atoms with E-state index >= 15 is 0 Å². The lowest BCUT2D eigenvalue weighted by molar-refractivity contribution is 0.306. The smallest absolute Gasteiger partial charge is 0.330 e. The fourth-order valence-corrected chi connectivity index (χ4v) is 3.21. The van der Waals surface area contributed by atoms with Crippen LogP contribution in [0.5, 0.6) is 5.75 Å². The van der Waals surface area contributed by atoms with Crippen LogP contribution in [-0.2, 0) is 27.2 Å². The van der Waals surface area contributed by atoms with Gasteiger partial charge in [0.2, 0.25) is 0 Å². The van der Waals surface area contributed by atoms with Crippen LogP contribution in [0.15, 0.2) is 64.3 Å². The van der Waals surface area contributed by atoms with Gasteiger partial charge in [-0.1, -0.05) is 42.0 Å². The highest BCUT2D eigenvalue weighted by Gasteiger charge is 2.10. The molecule has 0 aliphatic heterocycles. The topological polar surface area (TPSA) is 65.3 Å². The van der Waals surface area contributed by atoms with E-state index in [2.05, 4.69) is 30.4 Å². The summed E-state index contributed by atoms with van der Waals surface area (Å²) >= 11 is 0. The SMILES string of the molecule is Cc1cccc(COc2ccc(C(C)NCc3cn(C)c(=O)n(C)c3=O)cc2)c1. The van der Waals surface area contributed by atoms with Crippen molar-refractivity contribution in [2.75, 3.05) is 0 Å². The normalized spacial score (nSPS) is 12.0. The van der Waals surface area contributed by atoms with Gasteiger partial charge in [-0.3, -0.25) is 9.36 Å². The summed E-state index contributed by atoms with van der Waals surface area (Å²) < 4.78 is 8.41. The summed E-state index contributed by atoms with van der Waals surface area (Å²) in [5.74, 6) is 0.814. The molecular weight excluding hydrogens is 366 g/mol. The summed E-state index contributed by atoms with van der Waals surface area (Å²) in [5, 5.41) is 3.34. The molecule has 0 radical (unpaired) electrons. The minimum absolute atomic E-state index is 0.0442. The summed E-state index contributed by atoms with van der Waals surface area (Å²) in [7, 11) is 3.14. The van der Waals surface area contributed by atoms with Crippen LogP contribution in [0.25, 0.3) is 0 Å². The first-order valence-electron chi connectivity index (χ1n) is 9.62. The van der Waals surface area contributed by atoms with Gasteiger partial charge in [0.15, 0.2) is 0 Å². The molecule has 2 aromatic carbocycles. The van der Waals surface area contributed by atoms with Gasteiger partial charge in [0, 0.05) is 38.4 Å². The number of nitrogens with one attached hydrogen (secondary N) is 1. The molecule has 29 heavy (non-hydrogen) atoms. The molecule has 0 saturated heterocycles. The standard InChI is InChI=1S/C23H27N3O3/c1-16-6-5-7-18(12-16)15-29-21-10-8-19(9-11-21)17(2)24-13-20-14-25(3)23(28)26(4)22(20)27/h5-12,14,17,24H,13,15H2,1-4H3. The summed E-state index contributed by atoms with van der Waals surface area (Å²) in [4.78, 5) is 24.0. The number of rotatable bonds is 7. The van der Waals surface area contributed by atoms with Crippen LogP contribution in [0, 0.1) is 6.92 Å². The number of benzene rings is 2. The van der Waals surface area contributed by atoms with E-state index in [0.717, 1.165) is 21.4 Å². The van der Waals surface area contributed by atoms with Crippen molar-refractivity contribution < 1.29 is 4.74 Å². The molecule has 1 aromatic heterocycles. The van der Waals surface area contributed by atoms with Gasteiger partial charge in [0.05, 0.1) is 0 Å². The number of hydrogen-bond acceptors (Lipinski definition) is 4. The molecule has 0 spiro atoms. The lowest BCUT2D eigenvalue weighted by atomic mass is 10.1. The predicted molar refractivity (Wildman–Crippen MR) is 114 cm³/mol. The molecule has 1 N–H and O–H groups in total. The molecule has 1 atom stereocenters. The Bertz CT molecular complexity index is 1100. The quantitative estimate of drug-likeness (QED) is 0.670. The third-order valence-electron chi connectivity index (χ3n) is 4.98. The first-order valence-corrected chi connectivity index (χ1v) is 9.62. The Morgan fingerprint density at radius 3 is 2.48 bits per heavy atom. The monoisotopic (exact) mass is 393 g/mol. The summed E-state index contributed by atoms with van der Waals surface area (Å²) in [6.07, 6.45) is 1.59. The van der Waals surface area contributed by atoms with Gasteiger partial charge in [0.1, 0.15) is 12.4 Å². The maximum Gasteiger partial charge on any atom is 0.330 e. The van der Waals surface area contributed by atoms with Crippen molar-refractivity contribution in [3.63, 3.8) is 0 Å². The Kier molecular flexibility index (Phi) is 6.34. The predicted octanol–water partition coefficient (Wildman–Crippen LogP) is 2.82. The molecular formula is C23H27N3O3.